The van der Waals surface area contributed by atoms with Gasteiger partial charge in [-0.3, -0.25) is 18.9 Å². The van der Waals surface area contributed by atoms with Gasteiger partial charge in [-0.05, 0) is 55.0 Å². The van der Waals surface area contributed by atoms with Gasteiger partial charge >= 0.3 is 5.91 Å². The molecule has 1 unspecified atom stereocenters. The number of hydrogen-bond acceptors (Lipinski definition) is 8. The lowest BCUT2D eigenvalue weighted by Gasteiger charge is -2.23. The van der Waals surface area contributed by atoms with Crippen LogP contribution in [0.15, 0.2) is 66.4 Å². The lowest BCUT2D eigenvalue weighted by atomic mass is 9.96. The number of anilines is 1. The van der Waals surface area contributed by atoms with Gasteiger partial charge in [0.1, 0.15) is 11.3 Å². The Bertz CT molecular complexity index is 1830. The zero-order valence-electron chi connectivity index (χ0n) is 20.0. The molecule has 1 saturated heterocycles. The van der Waals surface area contributed by atoms with Crippen LogP contribution in [0.5, 0.6) is 11.5 Å². The number of Topliss-reactive ketones (excluding diaryl/α,β-unsaturated/α-hetero) is 1. The Labute approximate surface area is 224 Å². The minimum atomic E-state index is -1.06. The molecule has 0 saturated carbocycles. The third-order valence-corrected chi connectivity index (χ3v) is 7.69. The number of aliphatic hydroxyl groups is 1. The van der Waals surface area contributed by atoms with E-state index in [9.17, 15) is 19.8 Å². The maximum atomic E-state index is 13.6. The number of ether oxygens (including phenoxy) is 1. The van der Waals surface area contributed by atoms with Crippen molar-refractivity contribution in [2.24, 2.45) is 0 Å². The Morgan fingerprint density at radius 1 is 1.11 bits per heavy atom. The van der Waals surface area contributed by atoms with E-state index in [0.29, 0.717) is 33.1 Å². The Morgan fingerprint density at radius 2 is 1.92 bits per heavy atom. The van der Waals surface area contributed by atoms with E-state index in [1.165, 1.54) is 35.5 Å². The number of hydrogen-bond donors (Lipinski definition) is 2. The van der Waals surface area contributed by atoms with E-state index in [1.54, 1.807) is 53.9 Å². The molecule has 5 aromatic rings. The fourth-order valence-corrected chi connectivity index (χ4v) is 5.99. The van der Waals surface area contributed by atoms with E-state index in [4.69, 9.17) is 16.3 Å². The average molecular weight is 547 g/mol. The average Bonchev–Trinajstić information content (AvgIpc) is 3.54. The second kappa shape index (κ2) is 8.86. The monoisotopic (exact) mass is 546 g/mol. The summed E-state index contributed by atoms with van der Waals surface area (Å²) < 4.78 is 7.68. The Kier molecular flexibility index (Phi) is 5.59. The number of thiazole rings is 1. The molecule has 0 radical (unpaired) electrons. The van der Waals surface area contributed by atoms with Crippen LogP contribution in [-0.2, 0) is 9.59 Å². The number of carbonyl (C=O) groups is 2. The van der Waals surface area contributed by atoms with Crippen LogP contribution in [-0.4, -0.2) is 43.4 Å². The predicted octanol–water partition coefficient (Wildman–Crippen LogP) is 5.25. The number of carbonyl (C=O) groups excluding carboxylic acids is 2. The zero-order chi connectivity index (χ0) is 26.7. The number of phenols is 1. The SMILES string of the molecule is COc1cc(C2/C(=C(\O)c3c(C)nc4ccccn34)C(=O)C(=O)N2c2nc3ccc(Cl)cc3s2)ccc1O. The first-order chi connectivity index (χ1) is 18.3. The summed E-state index contributed by atoms with van der Waals surface area (Å²) in [6, 6.07) is 14.0. The molecular formula is C27H19ClN4O5S. The van der Waals surface area contributed by atoms with E-state index >= 15 is 0 Å². The van der Waals surface area contributed by atoms with Gasteiger partial charge in [0.2, 0.25) is 0 Å². The number of nitrogens with zero attached hydrogens (tertiary/aromatic N) is 4. The number of benzene rings is 2. The molecule has 1 aliphatic rings. The van der Waals surface area contributed by atoms with Crippen molar-refractivity contribution in [3.63, 3.8) is 0 Å². The Hall–Kier alpha value is -4.41. The number of halogens is 1. The molecule has 2 aromatic carbocycles. The lowest BCUT2D eigenvalue weighted by Crippen LogP contribution is -2.29. The van der Waals surface area contributed by atoms with Crippen molar-refractivity contribution in [2.45, 2.75) is 13.0 Å². The normalized spacial score (nSPS) is 17.1. The molecule has 1 atom stereocenters. The number of pyridine rings is 1. The number of aromatic nitrogens is 3. The van der Waals surface area contributed by atoms with Crippen molar-refractivity contribution >= 4 is 61.4 Å². The summed E-state index contributed by atoms with van der Waals surface area (Å²) in [5, 5.41) is 22.6. The fourth-order valence-electron chi connectivity index (χ4n) is 4.73. The predicted molar refractivity (Wildman–Crippen MR) is 144 cm³/mol. The van der Waals surface area contributed by atoms with Gasteiger partial charge < -0.3 is 14.9 Å². The van der Waals surface area contributed by atoms with Crippen LogP contribution in [0.4, 0.5) is 5.13 Å². The van der Waals surface area contributed by atoms with Crippen LogP contribution in [0, 0.1) is 6.92 Å². The smallest absolute Gasteiger partial charge is 0.301 e. The molecule has 1 fully saturated rings. The third kappa shape index (κ3) is 3.60. The molecule has 190 valence electrons. The van der Waals surface area contributed by atoms with Gasteiger partial charge in [-0.2, -0.15) is 0 Å². The minimum Gasteiger partial charge on any atom is -0.505 e. The molecule has 38 heavy (non-hydrogen) atoms. The van der Waals surface area contributed by atoms with Gasteiger partial charge in [-0.1, -0.05) is 35.1 Å². The van der Waals surface area contributed by atoms with Gasteiger partial charge in [-0.15, -0.1) is 0 Å². The van der Waals surface area contributed by atoms with Gasteiger partial charge in [0.25, 0.3) is 5.78 Å². The number of rotatable bonds is 4. The first-order valence-corrected chi connectivity index (χ1v) is 12.7. The number of aromatic hydroxyl groups is 1. The fraction of sp³-hybridized carbons (Fsp3) is 0.111. The molecule has 0 spiro atoms. The number of aliphatic hydroxyl groups excluding tert-OH is 1. The van der Waals surface area contributed by atoms with Crippen LogP contribution in [0.3, 0.4) is 0 Å². The highest BCUT2D eigenvalue weighted by Gasteiger charge is 2.49. The molecule has 6 rings (SSSR count). The highest BCUT2D eigenvalue weighted by Crippen LogP contribution is 2.46. The number of ketones is 1. The number of phenolic OH excluding ortho intramolecular Hbond substituents is 1. The summed E-state index contributed by atoms with van der Waals surface area (Å²) >= 11 is 7.35. The van der Waals surface area contributed by atoms with E-state index in [0.717, 1.165) is 4.70 Å². The summed E-state index contributed by atoms with van der Waals surface area (Å²) in [6.45, 7) is 1.72. The standard InChI is InChI=1S/C27H19ClN4O5S/c1-13-22(31-10-4-3-5-20(31)29-13)24(34)21-23(14-6-9-17(33)18(11-14)37-2)32(26(36)25(21)35)27-30-16-8-7-15(28)12-19(16)38-27/h3-12,23,33-34H,1-2H3/b24-21+. The maximum absolute atomic E-state index is 13.6. The quantitative estimate of drug-likeness (QED) is 0.180. The van der Waals surface area contributed by atoms with Crippen molar-refractivity contribution in [3.05, 3.63) is 88.3 Å². The highest BCUT2D eigenvalue weighted by atomic mass is 35.5. The van der Waals surface area contributed by atoms with Crippen molar-refractivity contribution in [1.82, 2.24) is 14.4 Å². The summed E-state index contributed by atoms with van der Waals surface area (Å²) in [4.78, 5) is 37.5. The number of aryl methyl sites for hydroxylation is 1. The summed E-state index contributed by atoms with van der Waals surface area (Å²) in [7, 11) is 1.40. The van der Waals surface area contributed by atoms with Crippen molar-refractivity contribution < 1.29 is 24.5 Å². The van der Waals surface area contributed by atoms with Gasteiger partial charge in [0, 0.05) is 11.2 Å². The molecule has 4 heterocycles. The zero-order valence-corrected chi connectivity index (χ0v) is 21.6. The summed E-state index contributed by atoms with van der Waals surface area (Å²) in [5.74, 6) is -2.05. The molecule has 0 aliphatic carbocycles. The van der Waals surface area contributed by atoms with Crippen LogP contribution in [0.25, 0.3) is 21.6 Å². The van der Waals surface area contributed by atoms with Crippen LogP contribution in [0.1, 0.15) is 23.0 Å². The summed E-state index contributed by atoms with van der Waals surface area (Å²) in [6.07, 6.45) is 1.72. The number of methoxy groups -OCH3 is 1. The molecule has 3 aromatic heterocycles. The highest BCUT2D eigenvalue weighted by molar-refractivity contribution is 7.22. The van der Waals surface area contributed by atoms with Crippen LogP contribution < -0.4 is 9.64 Å². The lowest BCUT2D eigenvalue weighted by molar-refractivity contribution is -0.132. The first-order valence-electron chi connectivity index (χ1n) is 11.5. The van der Waals surface area contributed by atoms with E-state index < -0.39 is 17.7 Å². The number of imidazole rings is 1. The van der Waals surface area contributed by atoms with Crippen LogP contribution >= 0.6 is 22.9 Å². The Morgan fingerprint density at radius 3 is 2.71 bits per heavy atom. The van der Waals surface area contributed by atoms with Crippen molar-refractivity contribution in [3.8, 4) is 11.5 Å². The number of amides is 1. The second-order valence-corrected chi connectivity index (χ2v) is 10.1. The molecule has 9 nitrogen and oxygen atoms in total. The van der Waals surface area contributed by atoms with Crippen molar-refractivity contribution in [2.75, 3.05) is 12.0 Å². The van der Waals surface area contributed by atoms with Crippen molar-refractivity contribution in [1.29, 1.82) is 0 Å². The maximum Gasteiger partial charge on any atom is 0.301 e. The van der Waals surface area contributed by atoms with Crippen LogP contribution in [0.2, 0.25) is 5.02 Å². The Balaban J connectivity index is 1.63. The first kappa shape index (κ1) is 24.0. The van der Waals surface area contributed by atoms with E-state index in [-0.39, 0.29) is 28.0 Å². The minimum absolute atomic E-state index is 0.111. The molecule has 1 aliphatic heterocycles. The molecule has 11 heteroatoms. The van der Waals surface area contributed by atoms with Gasteiger partial charge in [0.15, 0.2) is 22.4 Å². The topological polar surface area (TPSA) is 117 Å². The summed E-state index contributed by atoms with van der Waals surface area (Å²) in [5.41, 5.74) is 2.27. The molecular weight excluding hydrogens is 528 g/mol. The number of fused-ring (bicyclic) bond motifs is 2. The third-order valence-electron chi connectivity index (χ3n) is 6.44. The van der Waals surface area contributed by atoms with E-state index in [2.05, 4.69) is 9.97 Å². The van der Waals surface area contributed by atoms with Gasteiger partial charge in [0.05, 0.1) is 34.6 Å². The molecule has 1 amide bonds. The second-order valence-electron chi connectivity index (χ2n) is 8.68. The van der Waals surface area contributed by atoms with E-state index in [1.807, 2.05) is 6.07 Å². The molecule has 2 N–H and O–H groups in total. The van der Waals surface area contributed by atoms with Gasteiger partial charge in [-0.25, -0.2) is 9.97 Å². The largest absolute Gasteiger partial charge is 0.505 e. The molecule has 0 bridgehead atoms.